The number of fused-ring (bicyclic) bond motifs is 1. The maximum atomic E-state index is 6.19. The van der Waals surface area contributed by atoms with Crippen LogP contribution >= 0.6 is 0 Å². The number of nitrogens with two attached hydrogens (primary N) is 1. The molecular weight excluding hydrogens is 200 g/mol. The van der Waals surface area contributed by atoms with Crippen LogP contribution in [0.1, 0.15) is 30.7 Å². The monoisotopic (exact) mass is 216 g/mol. The Morgan fingerprint density at radius 2 is 2.25 bits per heavy atom. The Morgan fingerprint density at radius 3 is 2.88 bits per heavy atom. The summed E-state index contributed by atoms with van der Waals surface area (Å²) in [5.74, 6) is 0.784. The molecule has 2 aromatic rings. The zero-order valence-corrected chi connectivity index (χ0v) is 9.49. The van der Waals surface area contributed by atoms with Crippen molar-refractivity contribution >= 4 is 11.1 Å². The zero-order chi connectivity index (χ0) is 11.2. The van der Waals surface area contributed by atoms with Crippen molar-refractivity contribution in [2.45, 2.75) is 38.1 Å². The molecule has 3 rings (SSSR count). The molecule has 0 amide bonds. The third-order valence-electron chi connectivity index (χ3n) is 3.52. The third-order valence-corrected chi connectivity index (χ3v) is 3.52. The Hall–Kier alpha value is -1.35. The molecule has 0 unspecified atom stereocenters. The van der Waals surface area contributed by atoms with E-state index in [1.54, 1.807) is 0 Å². The summed E-state index contributed by atoms with van der Waals surface area (Å²) >= 11 is 0. The average Bonchev–Trinajstić information content (AvgIpc) is 2.59. The molecule has 3 nitrogen and oxygen atoms in total. The van der Waals surface area contributed by atoms with Crippen LogP contribution in [0.2, 0.25) is 0 Å². The van der Waals surface area contributed by atoms with Gasteiger partial charge in [-0.1, -0.05) is 12.1 Å². The van der Waals surface area contributed by atoms with E-state index in [9.17, 15) is 0 Å². The van der Waals surface area contributed by atoms with Crippen LogP contribution in [0.3, 0.4) is 0 Å². The van der Waals surface area contributed by atoms with Crippen LogP contribution in [-0.2, 0) is 6.42 Å². The predicted molar refractivity (Wildman–Crippen MR) is 63.2 cm³/mol. The standard InChI is InChI=1S/C13H16N2O/c1-9-4-2-5-10-12(9)15-11(16-10)8-13(14)6-3-7-13/h2,4-5H,3,6-8,14H2,1H3. The van der Waals surface area contributed by atoms with Crippen LogP contribution in [0.5, 0.6) is 0 Å². The van der Waals surface area contributed by atoms with E-state index in [2.05, 4.69) is 18.0 Å². The summed E-state index contributed by atoms with van der Waals surface area (Å²) < 4.78 is 5.73. The van der Waals surface area contributed by atoms with Crippen molar-refractivity contribution < 1.29 is 4.42 Å². The number of aryl methyl sites for hydroxylation is 1. The number of oxazole rings is 1. The molecule has 1 aliphatic rings. The zero-order valence-electron chi connectivity index (χ0n) is 9.49. The highest BCUT2D eigenvalue weighted by atomic mass is 16.3. The molecular formula is C13H16N2O. The van der Waals surface area contributed by atoms with Crippen molar-refractivity contribution in [1.82, 2.24) is 4.98 Å². The quantitative estimate of drug-likeness (QED) is 0.839. The second kappa shape index (κ2) is 3.32. The fraction of sp³-hybridized carbons (Fsp3) is 0.462. The first-order valence-corrected chi connectivity index (χ1v) is 5.80. The Kier molecular flexibility index (Phi) is 2.04. The molecule has 1 fully saturated rings. The second-order valence-electron chi connectivity index (χ2n) is 4.92. The van der Waals surface area contributed by atoms with Crippen LogP contribution in [0, 0.1) is 6.92 Å². The number of hydrogen-bond acceptors (Lipinski definition) is 3. The summed E-state index contributed by atoms with van der Waals surface area (Å²) in [6.07, 6.45) is 4.17. The van der Waals surface area contributed by atoms with E-state index in [1.165, 1.54) is 6.42 Å². The van der Waals surface area contributed by atoms with Gasteiger partial charge in [0.25, 0.3) is 0 Å². The Bertz CT molecular complexity index is 526. The molecule has 84 valence electrons. The third kappa shape index (κ3) is 1.52. The number of para-hydroxylation sites is 1. The molecule has 0 bridgehead atoms. The van der Waals surface area contributed by atoms with Gasteiger partial charge in [0.1, 0.15) is 5.52 Å². The van der Waals surface area contributed by atoms with Crippen LogP contribution in [-0.4, -0.2) is 10.5 Å². The number of benzene rings is 1. The van der Waals surface area contributed by atoms with Crippen LogP contribution < -0.4 is 5.73 Å². The Morgan fingerprint density at radius 1 is 1.44 bits per heavy atom. The van der Waals surface area contributed by atoms with Gasteiger partial charge in [0, 0.05) is 12.0 Å². The number of hydrogen-bond donors (Lipinski definition) is 1. The lowest BCUT2D eigenvalue weighted by atomic mass is 9.75. The van der Waals surface area contributed by atoms with E-state index >= 15 is 0 Å². The molecule has 16 heavy (non-hydrogen) atoms. The van der Waals surface area contributed by atoms with Gasteiger partial charge in [-0.2, -0.15) is 0 Å². The highest BCUT2D eigenvalue weighted by Gasteiger charge is 2.34. The fourth-order valence-corrected chi connectivity index (χ4v) is 2.32. The largest absolute Gasteiger partial charge is 0.441 e. The maximum absolute atomic E-state index is 6.19. The molecule has 1 aliphatic carbocycles. The Balaban J connectivity index is 1.96. The molecule has 0 aliphatic heterocycles. The summed E-state index contributed by atoms with van der Waals surface area (Å²) in [5, 5.41) is 0. The SMILES string of the molecule is Cc1cccc2oc(CC3(N)CCC3)nc12. The maximum Gasteiger partial charge on any atom is 0.197 e. The molecule has 0 spiro atoms. The van der Waals surface area contributed by atoms with Gasteiger partial charge in [-0.15, -0.1) is 0 Å². The lowest BCUT2D eigenvalue weighted by molar-refractivity contribution is 0.232. The van der Waals surface area contributed by atoms with E-state index in [4.69, 9.17) is 10.2 Å². The molecule has 3 heteroatoms. The van der Waals surface area contributed by atoms with Gasteiger partial charge >= 0.3 is 0 Å². The molecule has 1 aromatic heterocycles. The van der Waals surface area contributed by atoms with Gasteiger partial charge in [0.15, 0.2) is 11.5 Å². The normalized spacial score (nSPS) is 18.6. The minimum absolute atomic E-state index is 0.0607. The number of aromatic nitrogens is 1. The predicted octanol–water partition coefficient (Wildman–Crippen LogP) is 2.56. The van der Waals surface area contributed by atoms with Crippen molar-refractivity contribution in [2.24, 2.45) is 5.73 Å². The van der Waals surface area contributed by atoms with Gasteiger partial charge < -0.3 is 10.2 Å². The van der Waals surface area contributed by atoms with Gasteiger partial charge in [-0.05, 0) is 37.8 Å². The van der Waals surface area contributed by atoms with Crippen molar-refractivity contribution in [3.05, 3.63) is 29.7 Å². The highest BCUT2D eigenvalue weighted by molar-refractivity contribution is 5.76. The number of nitrogens with zero attached hydrogens (tertiary/aromatic N) is 1. The van der Waals surface area contributed by atoms with Gasteiger partial charge in [0.2, 0.25) is 0 Å². The van der Waals surface area contributed by atoms with Crippen molar-refractivity contribution in [3.8, 4) is 0 Å². The molecule has 0 saturated heterocycles. The van der Waals surface area contributed by atoms with E-state index < -0.39 is 0 Å². The minimum atomic E-state index is -0.0607. The molecule has 1 heterocycles. The summed E-state index contributed by atoms with van der Waals surface area (Å²) in [4.78, 5) is 4.53. The second-order valence-corrected chi connectivity index (χ2v) is 4.92. The Labute approximate surface area is 94.7 Å². The van der Waals surface area contributed by atoms with Crippen molar-refractivity contribution in [2.75, 3.05) is 0 Å². The van der Waals surface area contributed by atoms with Gasteiger partial charge in [-0.25, -0.2) is 4.98 Å². The molecule has 2 N–H and O–H groups in total. The van der Waals surface area contributed by atoms with Crippen LogP contribution in [0.4, 0.5) is 0 Å². The first kappa shape index (κ1) is 9.85. The molecule has 1 aromatic carbocycles. The van der Waals surface area contributed by atoms with Gasteiger partial charge in [0.05, 0.1) is 0 Å². The lowest BCUT2D eigenvalue weighted by Gasteiger charge is -2.36. The minimum Gasteiger partial charge on any atom is -0.441 e. The van der Waals surface area contributed by atoms with E-state index in [-0.39, 0.29) is 5.54 Å². The van der Waals surface area contributed by atoms with Crippen molar-refractivity contribution in [3.63, 3.8) is 0 Å². The topological polar surface area (TPSA) is 52.0 Å². The van der Waals surface area contributed by atoms with Crippen molar-refractivity contribution in [1.29, 1.82) is 0 Å². The summed E-state index contributed by atoms with van der Waals surface area (Å²) in [6.45, 7) is 2.05. The smallest absolute Gasteiger partial charge is 0.197 e. The molecule has 1 saturated carbocycles. The number of rotatable bonds is 2. The average molecular weight is 216 g/mol. The van der Waals surface area contributed by atoms with E-state index in [1.807, 2.05) is 12.1 Å². The van der Waals surface area contributed by atoms with Crippen LogP contribution in [0.25, 0.3) is 11.1 Å². The van der Waals surface area contributed by atoms with Crippen LogP contribution in [0.15, 0.2) is 22.6 Å². The summed E-state index contributed by atoms with van der Waals surface area (Å²) in [5.41, 5.74) is 9.14. The van der Waals surface area contributed by atoms with E-state index in [0.29, 0.717) is 0 Å². The first-order valence-electron chi connectivity index (χ1n) is 5.80. The molecule has 0 atom stereocenters. The molecule has 0 radical (unpaired) electrons. The summed E-state index contributed by atoms with van der Waals surface area (Å²) in [6, 6.07) is 6.01. The first-order chi connectivity index (χ1) is 7.66. The summed E-state index contributed by atoms with van der Waals surface area (Å²) in [7, 11) is 0. The van der Waals surface area contributed by atoms with E-state index in [0.717, 1.165) is 41.8 Å². The highest BCUT2D eigenvalue weighted by Crippen LogP contribution is 2.33. The van der Waals surface area contributed by atoms with Gasteiger partial charge in [-0.3, -0.25) is 0 Å². The fourth-order valence-electron chi connectivity index (χ4n) is 2.32. The lowest BCUT2D eigenvalue weighted by Crippen LogP contribution is -2.48.